The van der Waals surface area contributed by atoms with Gasteiger partial charge in [-0.25, -0.2) is 0 Å². The minimum atomic E-state index is 0.141. The topological polar surface area (TPSA) is 54.2 Å². The van der Waals surface area contributed by atoms with E-state index in [1.165, 1.54) is 12.8 Å². The second-order valence-corrected chi connectivity index (χ2v) is 4.83. The van der Waals surface area contributed by atoms with E-state index >= 15 is 0 Å². The first-order chi connectivity index (χ1) is 7.63. The van der Waals surface area contributed by atoms with E-state index in [1.807, 2.05) is 0 Å². The number of rotatable bonds is 4. The molecule has 1 fully saturated rings. The first-order valence-electron chi connectivity index (χ1n) is 5.94. The lowest BCUT2D eigenvalue weighted by atomic mass is 10.0. The van der Waals surface area contributed by atoms with E-state index in [9.17, 15) is 0 Å². The maximum Gasteiger partial charge on any atom is 0.318 e. The molecule has 1 aliphatic heterocycles. The molecule has 0 spiro atoms. The van der Waals surface area contributed by atoms with Crippen molar-refractivity contribution in [3.05, 3.63) is 5.89 Å². The highest BCUT2D eigenvalue weighted by atomic mass is 16.4. The number of aromatic nitrogens is 2. The number of anilines is 1. The number of nitrogens with zero attached hydrogens (tertiary/aromatic N) is 3. The van der Waals surface area contributed by atoms with Crippen LogP contribution in [0.25, 0.3) is 0 Å². The van der Waals surface area contributed by atoms with Crippen molar-refractivity contribution in [2.24, 2.45) is 0 Å². The van der Waals surface area contributed by atoms with Gasteiger partial charge in [-0.05, 0) is 33.2 Å². The Kier molecular flexibility index (Phi) is 3.14. The van der Waals surface area contributed by atoms with E-state index in [4.69, 9.17) is 4.42 Å². The number of nitrogens with one attached hydrogen (secondary N) is 1. The van der Waals surface area contributed by atoms with Crippen LogP contribution in [0.3, 0.4) is 0 Å². The van der Waals surface area contributed by atoms with Gasteiger partial charge in [-0.15, -0.1) is 5.10 Å². The van der Waals surface area contributed by atoms with Crippen LogP contribution in [0.15, 0.2) is 4.42 Å². The molecule has 0 aliphatic carbocycles. The molecule has 1 N–H and O–H groups in total. The maximum absolute atomic E-state index is 5.65. The third-order valence-electron chi connectivity index (χ3n) is 3.11. The normalized spacial score (nSPS) is 19.3. The van der Waals surface area contributed by atoms with Crippen molar-refractivity contribution < 1.29 is 4.42 Å². The van der Waals surface area contributed by atoms with Gasteiger partial charge in [0, 0.05) is 12.1 Å². The van der Waals surface area contributed by atoms with E-state index in [-0.39, 0.29) is 5.54 Å². The smallest absolute Gasteiger partial charge is 0.318 e. The Morgan fingerprint density at radius 3 is 2.88 bits per heavy atom. The van der Waals surface area contributed by atoms with Gasteiger partial charge in [0.1, 0.15) is 0 Å². The summed E-state index contributed by atoms with van der Waals surface area (Å²) in [5.74, 6) is 0.666. The van der Waals surface area contributed by atoms with E-state index in [1.54, 1.807) is 0 Å². The van der Waals surface area contributed by atoms with E-state index in [0.29, 0.717) is 18.5 Å². The number of hydrogen-bond acceptors (Lipinski definition) is 5. The lowest BCUT2D eigenvalue weighted by Crippen LogP contribution is -2.38. The third kappa shape index (κ3) is 2.19. The molecule has 0 unspecified atom stereocenters. The van der Waals surface area contributed by atoms with Gasteiger partial charge in [-0.1, -0.05) is 12.0 Å². The summed E-state index contributed by atoms with van der Waals surface area (Å²) in [6.07, 6.45) is 2.37. The molecule has 0 saturated carbocycles. The quantitative estimate of drug-likeness (QED) is 0.841. The zero-order valence-corrected chi connectivity index (χ0v) is 10.3. The van der Waals surface area contributed by atoms with Crippen LogP contribution in [-0.2, 0) is 6.54 Å². The van der Waals surface area contributed by atoms with Crippen LogP contribution in [0.2, 0.25) is 0 Å². The van der Waals surface area contributed by atoms with Crippen molar-refractivity contribution in [1.82, 2.24) is 15.5 Å². The average molecular weight is 224 g/mol. The second-order valence-electron chi connectivity index (χ2n) is 4.83. The molecule has 2 heterocycles. The summed E-state index contributed by atoms with van der Waals surface area (Å²) in [6, 6.07) is 0.662. The van der Waals surface area contributed by atoms with Gasteiger partial charge in [-0.2, -0.15) is 0 Å². The Morgan fingerprint density at radius 2 is 2.25 bits per heavy atom. The predicted molar refractivity (Wildman–Crippen MR) is 62.3 cm³/mol. The van der Waals surface area contributed by atoms with Gasteiger partial charge >= 0.3 is 6.01 Å². The summed E-state index contributed by atoms with van der Waals surface area (Å²) in [6.45, 7) is 9.06. The Balaban J connectivity index is 2.06. The predicted octanol–water partition coefficient (Wildman–Crippen LogP) is 1.56. The van der Waals surface area contributed by atoms with Gasteiger partial charge in [0.15, 0.2) is 0 Å². The van der Waals surface area contributed by atoms with Gasteiger partial charge in [-0.3, -0.25) is 0 Å². The highest BCUT2D eigenvalue weighted by Gasteiger charge is 2.35. The molecule has 1 aromatic heterocycles. The van der Waals surface area contributed by atoms with Gasteiger partial charge in [0.2, 0.25) is 5.89 Å². The fourth-order valence-corrected chi connectivity index (χ4v) is 2.12. The Labute approximate surface area is 96.2 Å². The Bertz CT molecular complexity index is 348. The molecule has 0 radical (unpaired) electrons. The summed E-state index contributed by atoms with van der Waals surface area (Å²) in [5.41, 5.74) is 0.141. The van der Waals surface area contributed by atoms with Crippen LogP contribution in [0.4, 0.5) is 6.01 Å². The average Bonchev–Trinajstić information content (AvgIpc) is 2.81. The first kappa shape index (κ1) is 11.4. The summed E-state index contributed by atoms with van der Waals surface area (Å²) in [7, 11) is 0. The highest BCUT2D eigenvalue weighted by molar-refractivity contribution is 5.32. The molecule has 90 valence electrons. The SMILES string of the molecule is CCNCc1nnc(N2CCCC2(C)C)o1. The van der Waals surface area contributed by atoms with E-state index in [2.05, 4.69) is 41.2 Å². The van der Waals surface area contributed by atoms with Crippen molar-refractivity contribution in [2.45, 2.75) is 45.7 Å². The molecular formula is C11H20N4O. The Hall–Kier alpha value is -1.10. The zero-order chi connectivity index (χ0) is 11.6. The molecule has 5 nitrogen and oxygen atoms in total. The molecule has 0 amide bonds. The first-order valence-corrected chi connectivity index (χ1v) is 5.94. The maximum atomic E-state index is 5.65. The molecule has 1 saturated heterocycles. The zero-order valence-electron chi connectivity index (χ0n) is 10.3. The Morgan fingerprint density at radius 1 is 1.44 bits per heavy atom. The van der Waals surface area contributed by atoms with Crippen LogP contribution in [0.5, 0.6) is 0 Å². The molecule has 16 heavy (non-hydrogen) atoms. The van der Waals surface area contributed by atoms with Crippen molar-refractivity contribution >= 4 is 6.01 Å². The van der Waals surface area contributed by atoms with Crippen molar-refractivity contribution in [3.63, 3.8) is 0 Å². The fraction of sp³-hybridized carbons (Fsp3) is 0.818. The van der Waals surface area contributed by atoms with Gasteiger partial charge in [0.05, 0.1) is 6.54 Å². The van der Waals surface area contributed by atoms with Crippen molar-refractivity contribution in [3.8, 4) is 0 Å². The molecule has 0 aromatic carbocycles. The molecule has 1 aliphatic rings. The van der Waals surface area contributed by atoms with Crippen molar-refractivity contribution in [2.75, 3.05) is 18.0 Å². The van der Waals surface area contributed by atoms with E-state index in [0.717, 1.165) is 13.1 Å². The van der Waals surface area contributed by atoms with Crippen LogP contribution < -0.4 is 10.2 Å². The third-order valence-corrected chi connectivity index (χ3v) is 3.11. The lowest BCUT2D eigenvalue weighted by Gasteiger charge is -2.29. The van der Waals surface area contributed by atoms with Crippen LogP contribution >= 0.6 is 0 Å². The molecule has 2 rings (SSSR count). The van der Waals surface area contributed by atoms with Crippen LogP contribution in [-0.4, -0.2) is 28.8 Å². The molecule has 1 aromatic rings. The summed E-state index contributed by atoms with van der Waals surface area (Å²) >= 11 is 0. The van der Waals surface area contributed by atoms with Gasteiger partial charge < -0.3 is 14.6 Å². The minimum Gasteiger partial charge on any atom is -0.407 e. The minimum absolute atomic E-state index is 0.141. The van der Waals surface area contributed by atoms with Crippen molar-refractivity contribution in [1.29, 1.82) is 0 Å². The van der Waals surface area contributed by atoms with E-state index < -0.39 is 0 Å². The van der Waals surface area contributed by atoms with Crippen LogP contribution in [0, 0.1) is 0 Å². The molecular weight excluding hydrogens is 204 g/mol. The standard InChI is InChI=1S/C11H20N4O/c1-4-12-8-9-13-14-10(16-9)15-7-5-6-11(15,2)3/h12H,4-8H2,1-3H3. The fourth-order valence-electron chi connectivity index (χ4n) is 2.12. The molecule has 0 atom stereocenters. The van der Waals surface area contributed by atoms with Gasteiger partial charge in [0.25, 0.3) is 0 Å². The second kappa shape index (κ2) is 4.41. The molecule has 5 heteroatoms. The molecule has 0 bridgehead atoms. The monoisotopic (exact) mass is 224 g/mol. The summed E-state index contributed by atoms with van der Waals surface area (Å²) < 4.78 is 5.65. The number of hydrogen-bond donors (Lipinski definition) is 1. The largest absolute Gasteiger partial charge is 0.407 e. The highest BCUT2D eigenvalue weighted by Crippen LogP contribution is 2.32. The summed E-state index contributed by atoms with van der Waals surface area (Å²) in [5, 5.41) is 11.3. The summed E-state index contributed by atoms with van der Waals surface area (Å²) in [4.78, 5) is 2.20. The lowest BCUT2D eigenvalue weighted by molar-refractivity contribution is 0.430. The van der Waals surface area contributed by atoms with Crippen LogP contribution in [0.1, 0.15) is 39.5 Å².